The van der Waals surface area contributed by atoms with Gasteiger partial charge in [0.15, 0.2) is 0 Å². The van der Waals surface area contributed by atoms with Gasteiger partial charge in [0.1, 0.15) is 0 Å². The molecule has 1 aliphatic rings. The second-order valence-electron chi connectivity index (χ2n) is 3.30. The molecule has 0 aliphatic carbocycles. The van der Waals surface area contributed by atoms with E-state index in [1.54, 1.807) is 0 Å². The lowest BCUT2D eigenvalue weighted by atomic mass is 10.4. The SMILES string of the molecule is COC(=O)NS(=O)(=O)N1CCN(C)CC1. The highest BCUT2D eigenvalue weighted by molar-refractivity contribution is 7.87. The van der Waals surface area contributed by atoms with Gasteiger partial charge in [-0.15, -0.1) is 0 Å². The number of methoxy groups -OCH3 is 1. The van der Waals surface area contributed by atoms with Crippen LogP contribution >= 0.6 is 0 Å². The third-order valence-corrected chi connectivity index (χ3v) is 3.67. The minimum Gasteiger partial charge on any atom is -0.452 e. The first-order chi connectivity index (χ1) is 6.95. The van der Waals surface area contributed by atoms with Crippen molar-refractivity contribution in [2.45, 2.75) is 0 Å². The van der Waals surface area contributed by atoms with Crippen molar-refractivity contribution in [1.29, 1.82) is 0 Å². The molecule has 1 aliphatic heterocycles. The van der Waals surface area contributed by atoms with Gasteiger partial charge >= 0.3 is 16.3 Å². The van der Waals surface area contributed by atoms with Gasteiger partial charge in [0, 0.05) is 26.2 Å². The molecular formula is C7H15N3O4S. The van der Waals surface area contributed by atoms with E-state index in [1.807, 2.05) is 16.7 Å². The van der Waals surface area contributed by atoms with E-state index in [0.29, 0.717) is 26.2 Å². The molecule has 0 aromatic heterocycles. The summed E-state index contributed by atoms with van der Waals surface area (Å²) in [5, 5.41) is 0. The normalized spacial score (nSPS) is 19.9. The van der Waals surface area contributed by atoms with Crippen molar-refractivity contribution in [3.05, 3.63) is 0 Å². The van der Waals surface area contributed by atoms with E-state index in [0.717, 1.165) is 7.11 Å². The summed E-state index contributed by atoms with van der Waals surface area (Å²) in [5.41, 5.74) is 0. The van der Waals surface area contributed by atoms with Crippen molar-refractivity contribution in [3.8, 4) is 0 Å². The molecule has 1 N–H and O–H groups in total. The topological polar surface area (TPSA) is 78.9 Å². The number of hydrogen-bond acceptors (Lipinski definition) is 5. The van der Waals surface area contributed by atoms with Crippen LogP contribution < -0.4 is 4.72 Å². The van der Waals surface area contributed by atoms with E-state index in [4.69, 9.17) is 0 Å². The molecule has 88 valence electrons. The largest absolute Gasteiger partial charge is 0.452 e. The highest BCUT2D eigenvalue weighted by atomic mass is 32.2. The van der Waals surface area contributed by atoms with Crippen molar-refractivity contribution in [2.75, 3.05) is 40.3 Å². The second-order valence-corrected chi connectivity index (χ2v) is 4.97. The van der Waals surface area contributed by atoms with Gasteiger partial charge in [-0.25, -0.2) is 9.52 Å². The Morgan fingerprint density at radius 3 is 2.27 bits per heavy atom. The molecule has 0 unspecified atom stereocenters. The summed E-state index contributed by atoms with van der Waals surface area (Å²) in [4.78, 5) is 12.8. The maximum atomic E-state index is 11.6. The molecule has 1 fully saturated rings. The van der Waals surface area contributed by atoms with Crippen LogP contribution in [0.15, 0.2) is 0 Å². The summed E-state index contributed by atoms with van der Waals surface area (Å²) in [7, 11) is -0.702. The number of nitrogens with one attached hydrogen (secondary N) is 1. The number of nitrogens with zero attached hydrogens (tertiary/aromatic N) is 2. The summed E-state index contributed by atoms with van der Waals surface area (Å²) >= 11 is 0. The maximum absolute atomic E-state index is 11.6. The Morgan fingerprint density at radius 2 is 1.80 bits per heavy atom. The van der Waals surface area contributed by atoms with Gasteiger partial charge in [-0.2, -0.15) is 12.7 Å². The first-order valence-electron chi connectivity index (χ1n) is 4.50. The van der Waals surface area contributed by atoms with Crippen LogP contribution in [-0.4, -0.2) is 64.1 Å². The third kappa shape index (κ3) is 3.33. The molecule has 1 rings (SSSR count). The van der Waals surface area contributed by atoms with Crippen molar-refractivity contribution < 1.29 is 17.9 Å². The molecule has 8 heteroatoms. The molecule has 1 amide bonds. The smallest absolute Gasteiger partial charge is 0.421 e. The zero-order valence-electron chi connectivity index (χ0n) is 8.76. The Bertz CT molecular complexity index is 321. The number of carbonyl (C=O) groups is 1. The van der Waals surface area contributed by atoms with Gasteiger partial charge < -0.3 is 9.64 Å². The van der Waals surface area contributed by atoms with Gasteiger partial charge in [0.2, 0.25) is 0 Å². The zero-order chi connectivity index (χ0) is 11.5. The molecule has 0 atom stereocenters. The summed E-state index contributed by atoms with van der Waals surface area (Å²) in [5.74, 6) is 0. The van der Waals surface area contributed by atoms with Gasteiger partial charge in [-0.1, -0.05) is 0 Å². The minimum atomic E-state index is -3.74. The second kappa shape index (κ2) is 4.77. The number of hydrogen-bond donors (Lipinski definition) is 1. The molecule has 0 spiro atoms. The van der Waals surface area contributed by atoms with Crippen LogP contribution in [0.3, 0.4) is 0 Å². The van der Waals surface area contributed by atoms with E-state index in [1.165, 1.54) is 4.31 Å². The Hall–Kier alpha value is -0.860. The van der Waals surface area contributed by atoms with Crippen molar-refractivity contribution in [2.24, 2.45) is 0 Å². The van der Waals surface area contributed by atoms with E-state index < -0.39 is 16.3 Å². The monoisotopic (exact) mass is 237 g/mol. The number of carbonyl (C=O) groups excluding carboxylic acids is 1. The molecular weight excluding hydrogens is 222 g/mol. The number of ether oxygens (including phenoxy) is 1. The van der Waals surface area contributed by atoms with Crippen molar-refractivity contribution in [1.82, 2.24) is 13.9 Å². The van der Waals surface area contributed by atoms with Crippen LogP contribution in [0, 0.1) is 0 Å². The number of likely N-dealkylation sites (N-methyl/N-ethyl adjacent to an activating group) is 1. The minimum absolute atomic E-state index is 0.378. The molecule has 0 bridgehead atoms. The average Bonchev–Trinajstić information content (AvgIpc) is 2.17. The summed E-state index contributed by atoms with van der Waals surface area (Å²) in [6.45, 7) is 2.07. The van der Waals surface area contributed by atoms with E-state index in [-0.39, 0.29) is 0 Å². The predicted molar refractivity (Wildman–Crippen MR) is 53.5 cm³/mol. The van der Waals surface area contributed by atoms with E-state index >= 15 is 0 Å². The van der Waals surface area contributed by atoms with Crippen LogP contribution in [-0.2, 0) is 14.9 Å². The summed E-state index contributed by atoms with van der Waals surface area (Å²) in [6, 6.07) is 0. The first-order valence-corrected chi connectivity index (χ1v) is 5.94. The number of rotatable bonds is 2. The quantitative estimate of drug-likeness (QED) is 0.655. The van der Waals surface area contributed by atoms with Crippen LogP contribution in [0.5, 0.6) is 0 Å². The van der Waals surface area contributed by atoms with E-state index in [2.05, 4.69) is 4.74 Å². The van der Waals surface area contributed by atoms with Gasteiger partial charge in [0.25, 0.3) is 0 Å². The lowest BCUT2D eigenvalue weighted by Crippen LogP contribution is -2.51. The standard InChI is InChI=1S/C7H15N3O4S/c1-9-3-5-10(6-4-9)15(12,13)8-7(11)14-2/h3-6H2,1-2H3,(H,8,11). The Morgan fingerprint density at radius 1 is 1.27 bits per heavy atom. The molecule has 1 saturated heterocycles. The van der Waals surface area contributed by atoms with Crippen LogP contribution in [0.1, 0.15) is 0 Å². The molecule has 0 aromatic carbocycles. The van der Waals surface area contributed by atoms with Gasteiger partial charge in [0.05, 0.1) is 7.11 Å². The maximum Gasteiger partial charge on any atom is 0.421 e. The number of piperazine rings is 1. The highest BCUT2D eigenvalue weighted by Gasteiger charge is 2.27. The molecule has 0 aromatic rings. The van der Waals surface area contributed by atoms with Crippen LogP contribution in [0.25, 0.3) is 0 Å². The fourth-order valence-electron chi connectivity index (χ4n) is 1.24. The Balaban J connectivity index is 2.58. The molecule has 15 heavy (non-hydrogen) atoms. The van der Waals surface area contributed by atoms with Crippen LogP contribution in [0.2, 0.25) is 0 Å². The number of amides is 1. The van der Waals surface area contributed by atoms with Crippen molar-refractivity contribution in [3.63, 3.8) is 0 Å². The molecule has 1 heterocycles. The molecule has 0 saturated carbocycles. The molecule has 0 radical (unpaired) electrons. The van der Waals surface area contributed by atoms with Gasteiger partial charge in [-0.05, 0) is 7.05 Å². The van der Waals surface area contributed by atoms with Gasteiger partial charge in [-0.3, -0.25) is 0 Å². The third-order valence-electron chi connectivity index (χ3n) is 2.20. The highest BCUT2D eigenvalue weighted by Crippen LogP contribution is 2.04. The lowest BCUT2D eigenvalue weighted by molar-refractivity contribution is 0.175. The predicted octanol–water partition coefficient (Wildman–Crippen LogP) is -1.17. The lowest BCUT2D eigenvalue weighted by Gasteiger charge is -2.31. The van der Waals surface area contributed by atoms with Crippen LogP contribution in [0.4, 0.5) is 4.79 Å². The van der Waals surface area contributed by atoms with E-state index in [9.17, 15) is 13.2 Å². The summed E-state index contributed by atoms with van der Waals surface area (Å²) < 4.78 is 30.4. The summed E-state index contributed by atoms with van der Waals surface area (Å²) in [6.07, 6.45) is -0.964. The van der Waals surface area contributed by atoms with Crippen molar-refractivity contribution >= 4 is 16.3 Å². The first kappa shape index (κ1) is 12.2. The molecule has 7 nitrogen and oxygen atoms in total. The Kier molecular flexibility index (Phi) is 3.89. The average molecular weight is 237 g/mol. The fourth-order valence-corrected chi connectivity index (χ4v) is 2.31. The Labute approximate surface area is 89.2 Å². The fraction of sp³-hybridized carbons (Fsp3) is 0.857. The zero-order valence-corrected chi connectivity index (χ0v) is 9.58.